The largest absolute Gasteiger partial charge is 0.361 e. The van der Waals surface area contributed by atoms with Crippen LogP contribution in [0.25, 0.3) is 0 Å². The van der Waals surface area contributed by atoms with E-state index in [-0.39, 0.29) is 12.5 Å². The SMILES string of the molecule is Cc1cc(CN2C(=O)N[C@](C)(c3ccccc3)C2=O)no1. The number of rotatable bonds is 3. The monoisotopic (exact) mass is 285 g/mol. The van der Waals surface area contributed by atoms with E-state index < -0.39 is 11.6 Å². The Labute approximate surface area is 121 Å². The second kappa shape index (κ2) is 4.73. The van der Waals surface area contributed by atoms with Crippen molar-refractivity contribution < 1.29 is 14.1 Å². The minimum absolute atomic E-state index is 0.102. The molecule has 108 valence electrons. The molecule has 1 atom stereocenters. The van der Waals surface area contributed by atoms with Crippen molar-refractivity contribution >= 4 is 11.9 Å². The van der Waals surface area contributed by atoms with E-state index in [1.807, 2.05) is 30.3 Å². The van der Waals surface area contributed by atoms with Crippen molar-refractivity contribution in [1.82, 2.24) is 15.4 Å². The molecule has 1 aliphatic rings. The van der Waals surface area contributed by atoms with Crippen molar-refractivity contribution in [2.24, 2.45) is 0 Å². The molecule has 0 bridgehead atoms. The molecule has 1 fully saturated rings. The highest BCUT2D eigenvalue weighted by atomic mass is 16.5. The quantitative estimate of drug-likeness (QED) is 0.875. The fraction of sp³-hybridized carbons (Fsp3) is 0.267. The number of urea groups is 1. The van der Waals surface area contributed by atoms with Gasteiger partial charge in [-0.1, -0.05) is 35.5 Å². The van der Waals surface area contributed by atoms with E-state index in [9.17, 15) is 9.59 Å². The van der Waals surface area contributed by atoms with Gasteiger partial charge in [0.2, 0.25) is 0 Å². The van der Waals surface area contributed by atoms with Crippen LogP contribution in [0, 0.1) is 6.92 Å². The third-order valence-electron chi connectivity index (χ3n) is 3.62. The van der Waals surface area contributed by atoms with Gasteiger partial charge in [-0.2, -0.15) is 0 Å². The molecule has 0 spiro atoms. The average Bonchev–Trinajstić information content (AvgIpc) is 2.98. The predicted octanol–water partition coefficient (Wildman–Crippen LogP) is 1.95. The van der Waals surface area contributed by atoms with Crippen LogP contribution in [0.5, 0.6) is 0 Å². The van der Waals surface area contributed by atoms with Crippen LogP contribution < -0.4 is 5.32 Å². The molecule has 0 unspecified atom stereocenters. The van der Waals surface area contributed by atoms with E-state index in [2.05, 4.69) is 10.5 Å². The molecular formula is C15H15N3O3. The zero-order valence-corrected chi connectivity index (χ0v) is 11.8. The number of benzene rings is 1. The number of aryl methyl sites for hydroxylation is 1. The van der Waals surface area contributed by atoms with Gasteiger partial charge < -0.3 is 9.84 Å². The maximum absolute atomic E-state index is 12.6. The van der Waals surface area contributed by atoms with Crippen molar-refractivity contribution in [2.45, 2.75) is 25.9 Å². The maximum Gasteiger partial charge on any atom is 0.325 e. The normalized spacial score (nSPS) is 21.7. The molecule has 1 aromatic carbocycles. The molecule has 0 saturated carbocycles. The fourth-order valence-corrected chi connectivity index (χ4v) is 2.46. The lowest BCUT2D eigenvalue weighted by Crippen LogP contribution is -2.40. The third-order valence-corrected chi connectivity index (χ3v) is 3.62. The predicted molar refractivity (Wildman–Crippen MR) is 74.1 cm³/mol. The van der Waals surface area contributed by atoms with Gasteiger partial charge in [-0.15, -0.1) is 0 Å². The number of amides is 3. The molecule has 1 aliphatic heterocycles. The van der Waals surface area contributed by atoms with Crippen LogP contribution in [0.3, 0.4) is 0 Å². The van der Waals surface area contributed by atoms with Crippen LogP contribution in [0.15, 0.2) is 40.9 Å². The van der Waals surface area contributed by atoms with Crippen molar-refractivity contribution in [3.05, 3.63) is 53.4 Å². The number of aromatic nitrogens is 1. The van der Waals surface area contributed by atoms with Gasteiger partial charge in [0.05, 0.1) is 6.54 Å². The molecule has 1 aromatic heterocycles. The van der Waals surface area contributed by atoms with Gasteiger partial charge in [0.1, 0.15) is 17.0 Å². The smallest absolute Gasteiger partial charge is 0.325 e. The lowest BCUT2D eigenvalue weighted by atomic mass is 9.92. The highest BCUT2D eigenvalue weighted by Gasteiger charge is 2.49. The van der Waals surface area contributed by atoms with Gasteiger partial charge in [-0.3, -0.25) is 9.69 Å². The van der Waals surface area contributed by atoms with Crippen molar-refractivity contribution in [1.29, 1.82) is 0 Å². The van der Waals surface area contributed by atoms with E-state index >= 15 is 0 Å². The number of carbonyl (C=O) groups is 2. The third kappa shape index (κ3) is 2.18. The molecule has 2 aromatic rings. The Morgan fingerprint density at radius 3 is 2.62 bits per heavy atom. The Balaban J connectivity index is 1.88. The molecule has 3 amide bonds. The summed E-state index contributed by atoms with van der Waals surface area (Å²) < 4.78 is 4.96. The molecule has 6 heteroatoms. The van der Waals surface area contributed by atoms with Gasteiger partial charge in [0.25, 0.3) is 5.91 Å². The second-order valence-corrected chi connectivity index (χ2v) is 5.24. The van der Waals surface area contributed by atoms with Crippen molar-refractivity contribution in [3.8, 4) is 0 Å². The highest BCUT2D eigenvalue weighted by molar-refractivity contribution is 6.07. The number of imide groups is 1. The summed E-state index contributed by atoms with van der Waals surface area (Å²) in [4.78, 5) is 25.9. The lowest BCUT2D eigenvalue weighted by molar-refractivity contribution is -0.131. The number of carbonyl (C=O) groups excluding carboxylic acids is 2. The van der Waals surface area contributed by atoms with Gasteiger partial charge in [0.15, 0.2) is 0 Å². The van der Waals surface area contributed by atoms with Crippen LogP contribution in [0.4, 0.5) is 4.79 Å². The summed E-state index contributed by atoms with van der Waals surface area (Å²) in [6.45, 7) is 3.57. The Morgan fingerprint density at radius 1 is 1.29 bits per heavy atom. The van der Waals surface area contributed by atoms with Crippen LogP contribution in [-0.2, 0) is 16.9 Å². The summed E-state index contributed by atoms with van der Waals surface area (Å²) in [5.41, 5.74) is 0.257. The summed E-state index contributed by atoms with van der Waals surface area (Å²) in [5.74, 6) is 0.349. The van der Waals surface area contributed by atoms with Gasteiger partial charge in [-0.05, 0) is 19.4 Å². The Bertz CT molecular complexity index is 695. The molecule has 21 heavy (non-hydrogen) atoms. The first kappa shape index (κ1) is 13.4. The summed E-state index contributed by atoms with van der Waals surface area (Å²) in [7, 11) is 0. The molecule has 1 saturated heterocycles. The van der Waals surface area contributed by atoms with E-state index in [0.717, 1.165) is 10.5 Å². The van der Waals surface area contributed by atoms with E-state index in [1.54, 1.807) is 19.9 Å². The Morgan fingerprint density at radius 2 is 2.00 bits per heavy atom. The first-order valence-electron chi connectivity index (χ1n) is 6.62. The summed E-state index contributed by atoms with van der Waals surface area (Å²) in [6, 6.07) is 10.5. The van der Waals surface area contributed by atoms with Crippen LogP contribution >= 0.6 is 0 Å². The zero-order chi connectivity index (χ0) is 15.0. The van der Waals surface area contributed by atoms with Crippen LogP contribution in [-0.4, -0.2) is 22.0 Å². The minimum Gasteiger partial charge on any atom is -0.361 e. The molecule has 3 rings (SSSR count). The number of hydrogen-bond acceptors (Lipinski definition) is 4. The summed E-state index contributed by atoms with van der Waals surface area (Å²) >= 11 is 0. The molecule has 2 heterocycles. The highest BCUT2D eigenvalue weighted by Crippen LogP contribution is 2.29. The number of nitrogens with one attached hydrogen (secondary N) is 1. The molecule has 1 N–H and O–H groups in total. The van der Waals surface area contributed by atoms with Crippen LogP contribution in [0.2, 0.25) is 0 Å². The van der Waals surface area contributed by atoms with E-state index in [4.69, 9.17) is 4.52 Å². The van der Waals surface area contributed by atoms with E-state index in [1.165, 1.54) is 0 Å². The number of hydrogen-bond donors (Lipinski definition) is 1. The first-order chi connectivity index (χ1) is 10.0. The minimum atomic E-state index is -1.04. The Kier molecular flexibility index (Phi) is 3.01. The summed E-state index contributed by atoms with van der Waals surface area (Å²) in [5, 5.41) is 6.57. The van der Waals surface area contributed by atoms with Crippen molar-refractivity contribution in [2.75, 3.05) is 0 Å². The lowest BCUT2D eigenvalue weighted by Gasteiger charge is -2.21. The molecule has 0 radical (unpaired) electrons. The van der Waals surface area contributed by atoms with Gasteiger partial charge >= 0.3 is 6.03 Å². The number of nitrogens with zero attached hydrogens (tertiary/aromatic N) is 2. The second-order valence-electron chi connectivity index (χ2n) is 5.24. The topological polar surface area (TPSA) is 75.4 Å². The Hall–Kier alpha value is -2.63. The maximum atomic E-state index is 12.6. The summed E-state index contributed by atoms with van der Waals surface area (Å²) in [6.07, 6.45) is 0. The average molecular weight is 285 g/mol. The first-order valence-corrected chi connectivity index (χ1v) is 6.62. The van der Waals surface area contributed by atoms with Crippen molar-refractivity contribution in [3.63, 3.8) is 0 Å². The standard InChI is InChI=1S/C15H15N3O3/c1-10-8-12(17-21-10)9-18-13(19)15(2,16-14(18)20)11-6-4-3-5-7-11/h3-8H,9H2,1-2H3,(H,16,20)/t15-/m1/s1. The fourth-order valence-electron chi connectivity index (χ4n) is 2.46. The molecule has 6 nitrogen and oxygen atoms in total. The van der Waals surface area contributed by atoms with Crippen LogP contribution in [0.1, 0.15) is 23.9 Å². The molecular weight excluding hydrogens is 270 g/mol. The van der Waals surface area contributed by atoms with E-state index in [0.29, 0.717) is 11.5 Å². The van der Waals surface area contributed by atoms with Gasteiger partial charge in [0, 0.05) is 6.07 Å². The molecule has 0 aliphatic carbocycles. The zero-order valence-electron chi connectivity index (χ0n) is 11.8. The van der Waals surface area contributed by atoms with Gasteiger partial charge in [-0.25, -0.2) is 4.79 Å².